The molecular weight excluding hydrogens is 88.1 g/mol. The molecule has 1 nitrogen and oxygen atoms in total. The summed E-state index contributed by atoms with van der Waals surface area (Å²) in [6.07, 6.45) is 3.58. The van der Waals surface area contributed by atoms with E-state index >= 15 is 0 Å². The molecule has 0 aromatic rings. The van der Waals surface area contributed by atoms with Crippen molar-refractivity contribution in [3.63, 3.8) is 0 Å². The summed E-state index contributed by atoms with van der Waals surface area (Å²) in [5.74, 6) is 0.456. The fourth-order valence-electron chi connectivity index (χ4n) is 0.270. The van der Waals surface area contributed by atoms with Crippen LogP contribution >= 0.6 is 0 Å². The normalized spacial score (nSPS) is 15.1. The summed E-state index contributed by atoms with van der Waals surface area (Å²) in [5, 5.41) is 9.72. The number of hydrogen-bond acceptors (Lipinski definition) is 0. The molecule has 0 bridgehead atoms. The van der Waals surface area contributed by atoms with Crippen LogP contribution in [0.1, 0.15) is 20.3 Å². The van der Waals surface area contributed by atoms with E-state index in [4.69, 9.17) is 0 Å². The highest BCUT2D eigenvalue weighted by Crippen LogP contribution is 1.99. The average molecular weight is 99.2 g/mol. The van der Waals surface area contributed by atoms with Gasteiger partial charge in [0.25, 0.3) is 0 Å². The summed E-state index contributed by atoms with van der Waals surface area (Å²) in [5.41, 5.74) is 0. The molecule has 0 aromatic heterocycles. The Labute approximate surface area is 44.7 Å². The lowest BCUT2D eigenvalue weighted by Gasteiger charge is -1.94. The van der Waals surface area contributed by atoms with Gasteiger partial charge in [-0.15, -0.1) is 0 Å². The summed E-state index contributed by atoms with van der Waals surface area (Å²) in [4.78, 5) is 0. The van der Waals surface area contributed by atoms with Crippen molar-refractivity contribution in [1.82, 2.24) is 0 Å². The van der Waals surface area contributed by atoms with E-state index in [2.05, 4.69) is 6.92 Å². The first kappa shape index (κ1) is 6.54. The lowest BCUT2D eigenvalue weighted by Crippen LogP contribution is -1.82. The van der Waals surface area contributed by atoms with E-state index in [1.165, 1.54) is 0 Å². The van der Waals surface area contributed by atoms with Gasteiger partial charge in [-0.05, 0) is 18.4 Å². The SMILES string of the molecule is CCC(C)/C=C/[O]. The first-order valence-electron chi connectivity index (χ1n) is 2.60. The monoisotopic (exact) mass is 99.1 g/mol. The predicted octanol–water partition coefficient (Wildman–Crippen LogP) is 1.98. The summed E-state index contributed by atoms with van der Waals surface area (Å²) >= 11 is 0. The molecule has 0 rings (SSSR count). The lowest BCUT2D eigenvalue weighted by atomic mass is 10.1. The Hall–Kier alpha value is -0.460. The van der Waals surface area contributed by atoms with Gasteiger partial charge in [0.05, 0.1) is 0 Å². The van der Waals surface area contributed by atoms with Gasteiger partial charge >= 0.3 is 0 Å². The maximum atomic E-state index is 9.72. The Morgan fingerprint density at radius 2 is 2.29 bits per heavy atom. The molecule has 1 heteroatoms. The number of allylic oxidation sites excluding steroid dienone is 1. The molecule has 1 radical (unpaired) electrons. The quantitative estimate of drug-likeness (QED) is 0.472. The third kappa shape index (κ3) is 3.37. The van der Waals surface area contributed by atoms with E-state index in [1.807, 2.05) is 6.92 Å². The molecule has 0 saturated carbocycles. The van der Waals surface area contributed by atoms with E-state index in [-0.39, 0.29) is 0 Å². The second-order valence-corrected chi connectivity index (χ2v) is 1.71. The van der Waals surface area contributed by atoms with Crippen molar-refractivity contribution in [2.24, 2.45) is 5.92 Å². The van der Waals surface area contributed by atoms with E-state index in [1.54, 1.807) is 6.08 Å². The van der Waals surface area contributed by atoms with Gasteiger partial charge in [-0.2, -0.15) is 0 Å². The standard InChI is InChI=1S/C6H11O/c1-3-6(2)4-5-7/h4-6H,3H2,1-2H3/b5-4+. The molecule has 0 spiro atoms. The van der Waals surface area contributed by atoms with E-state index < -0.39 is 0 Å². The average Bonchev–Trinajstić information content (AvgIpc) is 1.68. The van der Waals surface area contributed by atoms with Crippen LogP contribution in [0.25, 0.3) is 0 Å². The van der Waals surface area contributed by atoms with Gasteiger partial charge in [0.1, 0.15) is 6.26 Å². The topological polar surface area (TPSA) is 19.9 Å². The zero-order chi connectivity index (χ0) is 5.70. The van der Waals surface area contributed by atoms with Crippen LogP contribution in [0.15, 0.2) is 12.3 Å². The minimum atomic E-state index is 0.456. The minimum absolute atomic E-state index is 0.456. The summed E-state index contributed by atoms with van der Waals surface area (Å²) in [6.45, 7) is 4.08. The highest BCUT2D eigenvalue weighted by atomic mass is 16.2. The maximum absolute atomic E-state index is 9.72. The second kappa shape index (κ2) is 3.72. The highest BCUT2D eigenvalue weighted by molar-refractivity contribution is 4.76. The van der Waals surface area contributed by atoms with Crippen LogP contribution in [0.5, 0.6) is 0 Å². The van der Waals surface area contributed by atoms with Crippen molar-refractivity contribution in [3.8, 4) is 0 Å². The third-order valence-electron chi connectivity index (χ3n) is 1.05. The molecule has 0 N–H and O–H groups in total. The maximum Gasteiger partial charge on any atom is 0.139 e. The molecule has 0 aliphatic heterocycles. The summed E-state index contributed by atoms with van der Waals surface area (Å²) < 4.78 is 0. The molecule has 1 atom stereocenters. The molecule has 1 unspecified atom stereocenters. The number of rotatable bonds is 2. The van der Waals surface area contributed by atoms with Crippen LogP contribution in [-0.2, 0) is 5.11 Å². The van der Waals surface area contributed by atoms with Gasteiger partial charge in [-0.3, -0.25) is 5.11 Å². The van der Waals surface area contributed by atoms with Crippen molar-refractivity contribution in [2.75, 3.05) is 0 Å². The first-order valence-corrected chi connectivity index (χ1v) is 2.60. The zero-order valence-corrected chi connectivity index (χ0v) is 4.85. The predicted molar refractivity (Wildman–Crippen MR) is 29.3 cm³/mol. The molecule has 0 aromatic carbocycles. The molecule has 0 aliphatic carbocycles. The summed E-state index contributed by atoms with van der Waals surface area (Å²) in [7, 11) is 0. The van der Waals surface area contributed by atoms with Gasteiger partial charge in [0, 0.05) is 0 Å². The van der Waals surface area contributed by atoms with Gasteiger partial charge in [0.2, 0.25) is 0 Å². The van der Waals surface area contributed by atoms with Gasteiger partial charge in [-0.1, -0.05) is 13.8 Å². The smallest absolute Gasteiger partial charge is 0.139 e. The van der Waals surface area contributed by atoms with Crippen LogP contribution < -0.4 is 0 Å². The van der Waals surface area contributed by atoms with Crippen molar-refractivity contribution in [2.45, 2.75) is 20.3 Å². The third-order valence-corrected chi connectivity index (χ3v) is 1.05. The molecule has 7 heavy (non-hydrogen) atoms. The Morgan fingerprint density at radius 3 is 2.43 bits per heavy atom. The van der Waals surface area contributed by atoms with Gasteiger partial charge in [0.15, 0.2) is 0 Å². The summed E-state index contributed by atoms with van der Waals surface area (Å²) in [6, 6.07) is 0. The molecule has 0 amide bonds. The molecular formula is C6H11O. The Bertz CT molecular complexity index is 57.2. The second-order valence-electron chi connectivity index (χ2n) is 1.71. The van der Waals surface area contributed by atoms with Gasteiger partial charge in [-0.25, -0.2) is 0 Å². The van der Waals surface area contributed by atoms with E-state index in [0.29, 0.717) is 5.92 Å². The first-order chi connectivity index (χ1) is 3.31. The van der Waals surface area contributed by atoms with Crippen molar-refractivity contribution in [3.05, 3.63) is 12.3 Å². The van der Waals surface area contributed by atoms with Crippen LogP contribution in [0.4, 0.5) is 0 Å². The number of hydrogen-bond donors (Lipinski definition) is 0. The van der Waals surface area contributed by atoms with Gasteiger partial charge < -0.3 is 0 Å². The molecule has 41 valence electrons. The molecule has 0 fully saturated rings. The largest absolute Gasteiger partial charge is 0.299 e. The minimum Gasteiger partial charge on any atom is -0.299 e. The van der Waals surface area contributed by atoms with E-state index in [9.17, 15) is 5.11 Å². The molecule has 0 saturated heterocycles. The Balaban J connectivity index is 3.16. The van der Waals surface area contributed by atoms with Crippen molar-refractivity contribution in [1.29, 1.82) is 0 Å². The van der Waals surface area contributed by atoms with Crippen LogP contribution in [0.3, 0.4) is 0 Å². The van der Waals surface area contributed by atoms with Crippen molar-refractivity contribution < 1.29 is 5.11 Å². The molecule has 0 aliphatic rings. The lowest BCUT2D eigenvalue weighted by molar-refractivity contribution is 0.346. The van der Waals surface area contributed by atoms with Crippen LogP contribution in [0, 0.1) is 5.92 Å². The molecule has 0 heterocycles. The fourth-order valence-corrected chi connectivity index (χ4v) is 0.270. The Morgan fingerprint density at radius 1 is 1.71 bits per heavy atom. The highest BCUT2D eigenvalue weighted by Gasteiger charge is 1.87. The fraction of sp³-hybridized carbons (Fsp3) is 0.667. The van der Waals surface area contributed by atoms with Crippen LogP contribution in [0.2, 0.25) is 0 Å². The van der Waals surface area contributed by atoms with Crippen molar-refractivity contribution >= 4 is 0 Å². The zero-order valence-electron chi connectivity index (χ0n) is 4.85. The Kier molecular flexibility index (Phi) is 3.48. The van der Waals surface area contributed by atoms with E-state index in [0.717, 1.165) is 12.7 Å². The van der Waals surface area contributed by atoms with Crippen LogP contribution in [-0.4, -0.2) is 0 Å².